The van der Waals surface area contributed by atoms with Gasteiger partial charge >= 0.3 is 5.97 Å². The lowest BCUT2D eigenvalue weighted by atomic mass is 9.94. The molecule has 2 aromatic heterocycles. The fourth-order valence-electron chi connectivity index (χ4n) is 4.31. The minimum atomic E-state index is -3.35. The van der Waals surface area contributed by atoms with E-state index in [1.165, 1.54) is 35.3 Å². The van der Waals surface area contributed by atoms with Gasteiger partial charge in [0.15, 0.2) is 11.8 Å². The van der Waals surface area contributed by atoms with Crippen LogP contribution >= 0.6 is 11.8 Å². The van der Waals surface area contributed by atoms with Gasteiger partial charge in [-0.15, -0.1) is 0 Å². The van der Waals surface area contributed by atoms with Gasteiger partial charge in [0.2, 0.25) is 0 Å². The summed E-state index contributed by atoms with van der Waals surface area (Å²) in [6.07, 6.45) is -6.84. The number of benzene rings is 1. The number of carbonyl (C=O) groups excluding carboxylic acids is 1. The molecule has 0 amide bonds. The first-order valence-corrected chi connectivity index (χ1v) is 13.7. The van der Waals surface area contributed by atoms with Crippen LogP contribution in [-0.4, -0.2) is 57.4 Å². The predicted molar refractivity (Wildman–Crippen MR) is 153 cm³/mol. The second kappa shape index (κ2) is 13.8. The molecular formula is C31H35FN4O3S. The van der Waals surface area contributed by atoms with Crippen LogP contribution in [0.2, 0.25) is 0 Å². The van der Waals surface area contributed by atoms with E-state index in [2.05, 4.69) is 26.7 Å². The van der Waals surface area contributed by atoms with Gasteiger partial charge in [0.05, 0.1) is 29.3 Å². The smallest absolute Gasteiger partial charge is 0.307 e. The lowest BCUT2D eigenvalue weighted by Gasteiger charge is -2.28. The SMILES string of the molecule is [2H]C1([2H])C([2H])([2H])C([2H])([2H])C([2H])(Sc2ncc(COc3ccc(C#CCOC(=O)CC4CCN(C)CC4)c(F)c3)n2-c2cccnc2)C1([2H])[2H]. The molecule has 1 saturated carbocycles. The number of pyridine rings is 1. The van der Waals surface area contributed by atoms with Crippen molar-refractivity contribution in [1.82, 2.24) is 19.4 Å². The highest BCUT2D eigenvalue weighted by molar-refractivity contribution is 7.99. The van der Waals surface area contributed by atoms with Crippen LogP contribution in [0, 0.1) is 23.6 Å². The molecule has 0 radical (unpaired) electrons. The maximum atomic E-state index is 14.9. The van der Waals surface area contributed by atoms with E-state index in [0.717, 1.165) is 32.0 Å². The molecular weight excluding hydrogens is 527 g/mol. The standard InChI is InChI=1S/C31H35FN4O3S/c1-35-15-12-23(13-16-35)18-30(37)38-17-5-6-24-10-11-27(19-29(24)32)39-22-26-21-34-31(40-28-8-2-3-9-28)36(26)25-7-4-14-33-20-25/h4,7,10-11,14,19-21,23,28H,2-3,8-9,12-13,15-18,22H2,1H3/i2D2,3D2,8D2,9D2,28D. The van der Waals surface area contributed by atoms with E-state index in [9.17, 15) is 9.18 Å². The van der Waals surface area contributed by atoms with Crippen LogP contribution < -0.4 is 4.74 Å². The van der Waals surface area contributed by atoms with Crippen molar-refractivity contribution in [2.24, 2.45) is 5.92 Å². The van der Waals surface area contributed by atoms with Gasteiger partial charge in [-0.05, 0) is 75.9 Å². The quantitative estimate of drug-likeness (QED) is 0.243. The zero-order chi connectivity index (χ0) is 35.8. The van der Waals surface area contributed by atoms with E-state index in [1.54, 1.807) is 12.1 Å². The molecule has 40 heavy (non-hydrogen) atoms. The van der Waals surface area contributed by atoms with Crippen LogP contribution in [0.3, 0.4) is 0 Å². The Hall–Kier alpha value is -3.35. The molecule has 0 bridgehead atoms. The van der Waals surface area contributed by atoms with Gasteiger partial charge in [-0.1, -0.05) is 36.3 Å². The number of hydrogen-bond donors (Lipinski definition) is 0. The molecule has 0 atom stereocenters. The summed E-state index contributed by atoms with van der Waals surface area (Å²) in [5, 5.41) is -3.15. The van der Waals surface area contributed by atoms with Crippen molar-refractivity contribution in [3.63, 3.8) is 0 Å². The number of imidazole rings is 1. The summed E-state index contributed by atoms with van der Waals surface area (Å²) in [7, 11) is 2.05. The van der Waals surface area contributed by atoms with Crippen molar-refractivity contribution in [2.45, 2.75) is 61.7 Å². The van der Waals surface area contributed by atoms with E-state index in [1.807, 2.05) is 7.05 Å². The molecule has 1 aliphatic heterocycles. The van der Waals surface area contributed by atoms with E-state index in [4.69, 9.17) is 21.8 Å². The fraction of sp³-hybridized carbons (Fsp3) is 0.452. The summed E-state index contributed by atoms with van der Waals surface area (Å²) < 4.78 is 102. The molecule has 210 valence electrons. The predicted octanol–water partition coefficient (Wildman–Crippen LogP) is 5.65. The molecule has 2 fully saturated rings. The van der Waals surface area contributed by atoms with Crippen molar-refractivity contribution in [3.8, 4) is 23.3 Å². The molecule has 3 aromatic rings. The van der Waals surface area contributed by atoms with Crippen LogP contribution in [0.1, 0.15) is 68.3 Å². The minimum Gasteiger partial charge on any atom is -0.487 e. The summed E-state index contributed by atoms with van der Waals surface area (Å²) in [5.41, 5.74) is 0.757. The highest BCUT2D eigenvalue weighted by Gasteiger charge is 2.22. The fourth-order valence-corrected chi connectivity index (χ4v) is 5.11. The summed E-state index contributed by atoms with van der Waals surface area (Å²) >= 11 is 0.257. The molecule has 9 heteroatoms. The minimum absolute atomic E-state index is 0.0679. The monoisotopic (exact) mass is 571 g/mol. The molecule has 1 aliphatic carbocycles. The number of esters is 1. The van der Waals surface area contributed by atoms with Crippen LogP contribution in [-0.2, 0) is 16.1 Å². The molecule has 1 saturated heterocycles. The van der Waals surface area contributed by atoms with Gasteiger partial charge in [-0.3, -0.25) is 14.3 Å². The van der Waals surface area contributed by atoms with Crippen LogP contribution in [0.25, 0.3) is 5.69 Å². The zero-order valence-electron chi connectivity index (χ0n) is 30.9. The Bertz CT molecular complexity index is 1720. The maximum absolute atomic E-state index is 14.9. The van der Waals surface area contributed by atoms with Gasteiger partial charge < -0.3 is 14.4 Å². The Balaban J connectivity index is 1.29. The Morgan fingerprint density at radius 2 is 2.08 bits per heavy atom. The van der Waals surface area contributed by atoms with Gasteiger partial charge in [0.1, 0.15) is 18.2 Å². The Morgan fingerprint density at radius 1 is 1.25 bits per heavy atom. The highest BCUT2D eigenvalue weighted by atomic mass is 32.2. The van der Waals surface area contributed by atoms with Crippen molar-refractivity contribution < 1.29 is 31.0 Å². The van der Waals surface area contributed by atoms with E-state index < -0.39 is 36.5 Å². The molecule has 1 aromatic carbocycles. The second-order valence-electron chi connectivity index (χ2n) is 9.35. The van der Waals surface area contributed by atoms with Gasteiger partial charge in [0.25, 0.3) is 0 Å². The largest absolute Gasteiger partial charge is 0.487 e. The number of aromatic nitrogens is 3. The summed E-state index contributed by atoms with van der Waals surface area (Å²) in [5.74, 6) is 4.72. The van der Waals surface area contributed by atoms with E-state index in [-0.39, 0.29) is 53.3 Å². The first-order valence-electron chi connectivity index (χ1n) is 17.3. The number of rotatable bonds is 9. The normalized spacial score (nSPS) is 25.6. The lowest BCUT2D eigenvalue weighted by molar-refractivity contribution is -0.143. The van der Waals surface area contributed by atoms with Crippen molar-refractivity contribution in [3.05, 3.63) is 66.0 Å². The average molecular weight is 572 g/mol. The third-order valence-corrected chi connectivity index (χ3v) is 7.34. The average Bonchev–Trinajstić information content (AvgIpc) is 3.47. The Labute approximate surface area is 252 Å². The first-order chi connectivity index (χ1) is 22.9. The molecule has 5 rings (SSSR count). The van der Waals surface area contributed by atoms with Crippen LogP contribution in [0.4, 0.5) is 4.39 Å². The number of halogens is 1. The molecule has 0 unspecified atom stereocenters. The lowest BCUT2D eigenvalue weighted by Crippen LogP contribution is -2.31. The highest BCUT2D eigenvalue weighted by Crippen LogP contribution is 2.35. The zero-order valence-corrected chi connectivity index (χ0v) is 22.8. The summed E-state index contributed by atoms with van der Waals surface area (Å²) in [6.45, 7) is 1.51. The third kappa shape index (κ3) is 7.64. The topological polar surface area (TPSA) is 69.5 Å². The second-order valence-corrected chi connectivity index (χ2v) is 10.3. The molecule has 2 aliphatic rings. The number of ether oxygens (including phenoxy) is 2. The summed E-state index contributed by atoms with van der Waals surface area (Å²) in [4.78, 5) is 22.7. The number of nitrogens with zero attached hydrogens (tertiary/aromatic N) is 4. The third-order valence-electron chi connectivity index (χ3n) is 6.46. The van der Waals surface area contributed by atoms with Gasteiger partial charge in [-0.2, -0.15) is 0 Å². The number of thioether (sulfide) groups is 1. The molecule has 7 nitrogen and oxygen atoms in total. The van der Waals surface area contributed by atoms with Crippen molar-refractivity contribution in [1.29, 1.82) is 0 Å². The van der Waals surface area contributed by atoms with Crippen molar-refractivity contribution in [2.75, 3.05) is 26.7 Å². The van der Waals surface area contributed by atoms with Gasteiger partial charge in [-0.25, -0.2) is 9.37 Å². The molecule has 3 heterocycles. The van der Waals surface area contributed by atoms with E-state index in [0.29, 0.717) is 17.8 Å². The maximum Gasteiger partial charge on any atom is 0.307 e. The Morgan fingerprint density at radius 3 is 2.83 bits per heavy atom. The summed E-state index contributed by atoms with van der Waals surface area (Å²) in [6, 6.07) is 7.25. The van der Waals surface area contributed by atoms with E-state index >= 15 is 0 Å². The first kappa shape index (κ1) is 18.9. The number of piperidine rings is 1. The van der Waals surface area contributed by atoms with Crippen LogP contribution in [0.15, 0.2) is 54.1 Å². The van der Waals surface area contributed by atoms with Gasteiger partial charge in [0, 0.05) is 36.2 Å². The molecule has 0 N–H and O–H groups in total. The van der Waals surface area contributed by atoms with Crippen LogP contribution in [0.5, 0.6) is 5.75 Å². The Kier molecular flexibility index (Phi) is 6.53. The number of likely N-dealkylation sites (tertiary alicyclic amines) is 1. The number of carbonyl (C=O) groups is 1. The number of hydrogen-bond acceptors (Lipinski definition) is 7. The molecule has 0 spiro atoms. The van der Waals surface area contributed by atoms with Crippen molar-refractivity contribution >= 4 is 17.7 Å².